The second-order valence-corrected chi connectivity index (χ2v) is 3.89. The van der Waals surface area contributed by atoms with Crippen LogP contribution in [0.2, 0.25) is 0 Å². The zero-order chi connectivity index (χ0) is 12.1. The van der Waals surface area contributed by atoms with Gasteiger partial charge in [0.05, 0.1) is 30.9 Å². The third kappa shape index (κ3) is 3.29. The molecule has 2 heterocycles. The van der Waals surface area contributed by atoms with Crippen molar-refractivity contribution in [1.82, 2.24) is 14.9 Å². The Morgan fingerprint density at radius 1 is 1.29 bits per heavy atom. The summed E-state index contributed by atoms with van der Waals surface area (Å²) in [6.45, 7) is 1.51. The van der Waals surface area contributed by atoms with E-state index in [1.54, 1.807) is 18.7 Å². The third-order valence-electron chi connectivity index (χ3n) is 2.40. The van der Waals surface area contributed by atoms with Crippen LogP contribution in [0.4, 0.5) is 5.82 Å². The molecule has 1 N–H and O–H groups in total. The molecule has 0 unspecified atom stereocenters. The lowest BCUT2D eigenvalue weighted by Gasteiger charge is -2.14. The van der Waals surface area contributed by atoms with E-state index in [-0.39, 0.29) is 0 Å². The molecule has 0 bridgehead atoms. The van der Waals surface area contributed by atoms with Gasteiger partial charge < -0.3 is 9.73 Å². The normalized spacial score (nSPS) is 10.8. The molecule has 0 aliphatic heterocycles. The zero-order valence-corrected chi connectivity index (χ0v) is 10.1. The maximum atomic E-state index is 5.29. The maximum Gasteiger partial charge on any atom is 0.144 e. The fraction of sp³-hybridized carbons (Fsp3) is 0.333. The van der Waals surface area contributed by atoms with E-state index >= 15 is 0 Å². The van der Waals surface area contributed by atoms with E-state index in [2.05, 4.69) is 20.2 Å². The van der Waals surface area contributed by atoms with E-state index in [0.717, 1.165) is 30.4 Å². The summed E-state index contributed by atoms with van der Waals surface area (Å²) in [6.07, 6.45) is 5.20. The first-order valence-corrected chi connectivity index (χ1v) is 5.47. The van der Waals surface area contributed by atoms with Crippen LogP contribution in [0.25, 0.3) is 0 Å². The van der Waals surface area contributed by atoms with E-state index in [1.165, 1.54) is 0 Å². The van der Waals surface area contributed by atoms with E-state index in [9.17, 15) is 0 Å². The molecule has 5 heteroatoms. The molecule has 2 aromatic heterocycles. The number of anilines is 1. The van der Waals surface area contributed by atoms with Gasteiger partial charge in [-0.1, -0.05) is 0 Å². The Hall–Kier alpha value is -1.88. The molecule has 0 aromatic carbocycles. The van der Waals surface area contributed by atoms with Crippen LogP contribution in [0.15, 0.2) is 35.2 Å². The van der Waals surface area contributed by atoms with Gasteiger partial charge in [-0.2, -0.15) is 0 Å². The van der Waals surface area contributed by atoms with Gasteiger partial charge in [0.15, 0.2) is 0 Å². The average molecular weight is 232 g/mol. The van der Waals surface area contributed by atoms with Crippen LogP contribution < -0.4 is 5.32 Å². The van der Waals surface area contributed by atoms with Gasteiger partial charge in [-0.05, 0) is 19.2 Å². The highest BCUT2D eigenvalue weighted by Crippen LogP contribution is 2.07. The third-order valence-corrected chi connectivity index (χ3v) is 2.40. The van der Waals surface area contributed by atoms with Gasteiger partial charge in [0.1, 0.15) is 11.6 Å². The van der Waals surface area contributed by atoms with Gasteiger partial charge in [0.2, 0.25) is 0 Å². The Balaban J connectivity index is 1.91. The molecule has 0 saturated heterocycles. The number of hydrogen-bond donors (Lipinski definition) is 1. The molecule has 0 amide bonds. The molecule has 0 aliphatic rings. The van der Waals surface area contributed by atoms with Crippen molar-refractivity contribution in [3.05, 3.63) is 42.2 Å². The van der Waals surface area contributed by atoms with Crippen LogP contribution in [-0.2, 0) is 13.1 Å². The van der Waals surface area contributed by atoms with Crippen LogP contribution in [-0.4, -0.2) is 29.0 Å². The topological polar surface area (TPSA) is 54.2 Å². The molecular weight excluding hydrogens is 216 g/mol. The zero-order valence-electron chi connectivity index (χ0n) is 10.1. The Morgan fingerprint density at radius 2 is 2.18 bits per heavy atom. The predicted molar refractivity (Wildman–Crippen MR) is 65.5 cm³/mol. The van der Waals surface area contributed by atoms with Crippen molar-refractivity contribution in [2.24, 2.45) is 0 Å². The quantitative estimate of drug-likeness (QED) is 0.851. The van der Waals surface area contributed by atoms with Gasteiger partial charge in [-0.25, -0.2) is 4.98 Å². The van der Waals surface area contributed by atoms with Crippen LogP contribution in [0.1, 0.15) is 11.5 Å². The lowest BCUT2D eigenvalue weighted by molar-refractivity contribution is 0.284. The molecule has 0 atom stereocenters. The second-order valence-electron chi connectivity index (χ2n) is 3.89. The minimum atomic E-state index is 0.748. The second kappa shape index (κ2) is 5.45. The number of hydrogen-bond acceptors (Lipinski definition) is 5. The van der Waals surface area contributed by atoms with Gasteiger partial charge in [0, 0.05) is 13.6 Å². The lowest BCUT2D eigenvalue weighted by atomic mass is 10.3. The van der Waals surface area contributed by atoms with Gasteiger partial charge in [0.25, 0.3) is 0 Å². The van der Waals surface area contributed by atoms with Crippen molar-refractivity contribution in [2.45, 2.75) is 13.1 Å². The van der Waals surface area contributed by atoms with Crippen LogP contribution >= 0.6 is 0 Å². The molecular formula is C12H16N4O. The molecule has 0 spiro atoms. The van der Waals surface area contributed by atoms with Gasteiger partial charge in [-0.15, -0.1) is 0 Å². The van der Waals surface area contributed by atoms with Crippen molar-refractivity contribution in [3.8, 4) is 0 Å². The summed E-state index contributed by atoms with van der Waals surface area (Å²) in [5.74, 6) is 1.73. The number of rotatable bonds is 5. The van der Waals surface area contributed by atoms with Crippen LogP contribution in [0, 0.1) is 0 Å². The minimum absolute atomic E-state index is 0.748. The van der Waals surface area contributed by atoms with Crippen molar-refractivity contribution in [3.63, 3.8) is 0 Å². The Morgan fingerprint density at radius 3 is 2.76 bits per heavy atom. The first-order chi connectivity index (χ1) is 8.28. The largest absolute Gasteiger partial charge is 0.468 e. The Kier molecular flexibility index (Phi) is 3.72. The molecule has 2 aromatic rings. The number of furan rings is 1. The van der Waals surface area contributed by atoms with Gasteiger partial charge >= 0.3 is 0 Å². The van der Waals surface area contributed by atoms with E-state index in [1.807, 2.05) is 26.2 Å². The van der Waals surface area contributed by atoms with Crippen LogP contribution in [0.5, 0.6) is 0 Å². The maximum absolute atomic E-state index is 5.29. The Bertz CT molecular complexity index is 438. The standard InChI is InChI=1S/C12H16N4O/c1-13-12-7-14-10(6-15-12)8-16(2)9-11-4-3-5-17-11/h3-7H,8-9H2,1-2H3,(H,13,15). The highest BCUT2D eigenvalue weighted by atomic mass is 16.3. The summed E-state index contributed by atoms with van der Waals surface area (Å²) in [4.78, 5) is 10.7. The molecule has 0 saturated carbocycles. The summed E-state index contributed by atoms with van der Waals surface area (Å²) < 4.78 is 5.29. The lowest BCUT2D eigenvalue weighted by Crippen LogP contribution is -2.17. The first kappa shape index (κ1) is 11.6. The van der Waals surface area contributed by atoms with Crippen molar-refractivity contribution >= 4 is 5.82 Å². The molecule has 0 radical (unpaired) electrons. The molecule has 5 nitrogen and oxygen atoms in total. The fourth-order valence-electron chi connectivity index (χ4n) is 1.57. The first-order valence-electron chi connectivity index (χ1n) is 5.47. The highest BCUT2D eigenvalue weighted by Gasteiger charge is 2.04. The SMILES string of the molecule is CNc1cnc(CN(C)Cc2ccco2)cn1. The van der Waals surface area contributed by atoms with E-state index in [0.29, 0.717) is 0 Å². The number of nitrogens with zero attached hydrogens (tertiary/aromatic N) is 3. The van der Waals surface area contributed by atoms with E-state index < -0.39 is 0 Å². The summed E-state index contributed by atoms with van der Waals surface area (Å²) in [5.41, 5.74) is 0.943. The molecule has 0 aliphatic carbocycles. The minimum Gasteiger partial charge on any atom is -0.468 e. The highest BCUT2D eigenvalue weighted by molar-refractivity contribution is 5.29. The smallest absolute Gasteiger partial charge is 0.144 e. The molecule has 2 rings (SSSR count). The van der Waals surface area contributed by atoms with Crippen LogP contribution in [0.3, 0.4) is 0 Å². The summed E-state index contributed by atoms with van der Waals surface area (Å²) in [6, 6.07) is 3.86. The van der Waals surface area contributed by atoms with Crippen molar-refractivity contribution in [1.29, 1.82) is 0 Å². The summed E-state index contributed by atoms with van der Waals surface area (Å²) in [5, 5.41) is 2.94. The summed E-state index contributed by atoms with van der Waals surface area (Å²) in [7, 11) is 3.85. The summed E-state index contributed by atoms with van der Waals surface area (Å²) >= 11 is 0. The molecule has 0 fully saturated rings. The monoisotopic (exact) mass is 232 g/mol. The average Bonchev–Trinajstić information content (AvgIpc) is 2.82. The van der Waals surface area contributed by atoms with Crippen molar-refractivity contribution in [2.75, 3.05) is 19.4 Å². The van der Waals surface area contributed by atoms with Crippen molar-refractivity contribution < 1.29 is 4.42 Å². The van der Waals surface area contributed by atoms with Gasteiger partial charge in [-0.3, -0.25) is 9.88 Å². The predicted octanol–water partition coefficient (Wildman–Crippen LogP) is 1.74. The van der Waals surface area contributed by atoms with E-state index in [4.69, 9.17) is 4.42 Å². The Labute approximate surface area is 100 Å². The number of nitrogens with one attached hydrogen (secondary N) is 1. The number of aromatic nitrogens is 2. The fourth-order valence-corrected chi connectivity index (χ4v) is 1.57. The molecule has 17 heavy (non-hydrogen) atoms. The molecule has 90 valence electrons.